The molecule has 0 radical (unpaired) electrons. The summed E-state index contributed by atoms with van der Waals surface area (Å²) in [6, 6.07) is 1.80. The quantitative estimate of drug-likeness (QED) is 0.929. The predicted octanol–water partition coefficient (Wildman–Crippen LogP) is 2.07. The maximum atomic E-state index is 12.4. The van der Waals surface area contributed by atoms with E-state index in [1.54, 1.807) is 15.4 Å². The van der Waals surface area contributed by atoms with Crippen LogP contribution in [0.15, 0.2) is 6.07 Å². The Morgan fingerprint density at radius 1 is 1.30 bits per heavy atom. The summed E-state index contributed by atoms with van der Waals surface area (Å²) in [6.07, 6.45) is 0.835. The zero-order chi connectivity index (χ0) is 14.9. The van der Waals surface area contributed by atoms with E-state index in [1.165, 1.54) is 0 Å². The first-order valence-corrected chi connectivity index (χ1v) is 6.86. The van der Waals surface area contributed by atoms with Crippen LogP contribution >= 0.6 is 0 Å². The van der Waals surface area contributed by atoms with Crippen LogP contribution in [0.1, 0.15) is 41.3 Å². The van der Waals surface area contributed by atoms with Gasteiger partial charge in [-0.15, -0.1) is 0 Å². The molecule has 0 spiro atoms. The fourth-order valence-corrected chi connectivity index (χ4v) is 2.42. The van der Waals surface area contributed by atoms with E-state index in [0.717, 1.165) is 29.2 Å². The van der Waals surface area contributed by atoms with E-state index in [-0.39, 0.29) is 5.91 Å². The van der Waals surface area contributed by atoms with Crippen LogP contribution in [0.5, 0.6) is 0 Å². The fourth-order valence-electron chi connectivity index (χ4n) is 2.42. The molecule has 6 heteroatoms. The van der Waals surface area contributed by atoms with Crippen molar-refractivity contribution in [1.29, 1.82) is 0 Å². The van der Waals surface area contributed by atoms with Crippen LogP contribution in [0, 0.1) is 13.8 Å². The van der Waals surface area contributed by atoms with Gasteiger partial charge in [-0.3, -0.25) is 14.2 Å². The number of hydrogen-bond acceptors (Lipinski definition) is 3. The Hall–Kier alpha value is -2.11. The molecule has 0 unspecified atom stereocenters. The van der Waals surface area contributed by atoms with Gasteiger partial charge in [0.15, 0.2) is 0 Å². The summed E-state index contributed by atoms with van der Waals surface area (Å²) in [7, 11) is 1.84. The number of nitrogens with one attached hydrogen (secondary N) is 1. The van der Waals surface area contributed by atoms with Crippen molar-refractivity contribution >= 4 is 11.7 Å². The van der Waals surface area contributed by atoms with Gasteiger partial charge < -0.3 is 5.32 Å². The average Bonchev–Trinajstić information content (AvgIpc) is 2.90. The molecule has 0 aromatic carbocycles. The summed E-state index contributed by atoms with van der Waals surface area (Å²) in [4.78, 5) is 12.4. The number of carbonyl (C=O) groups excluding carboxylic acids is 1. The Kier molecular flexibility index (Phi) is 3.92. The third kappa shape index (κ3) is 2.45. The molecule has 20 heavy (non-hydrogen) atoms. The molecular weight excluding hydrogens is 254 g/mol. The standard InChI is InChI=1S/C14H21N5O/c1-6-11-10(4)17-18(5)13(11)15-14(20)12-8-9(3)16-19(12)7-2/h8H,6-7H2,1-5H3,(H,15,20). The third-order valence-corrected chi connectivity index (χ3v) is 3.37. The lowest BCUT2D eigenvalue weighted by Gasteiger charge is -2.08. The van der Waals surface area contributed by atoms with Gasteiger partial charge in [-0.2, -0.15) is 10.2 Å². The van der Waals surface area contributed by atoms with Crippen LogP contribution in [-0.4, -0.2) is 25.5 Å². The number of aromatic nitrogens is 4. The first-order chi connectivity index (χ1) is 9.47. The molecule has 0 aliphatic rings. The van der Waals surface area contributed by atoms with E-state index in [2.05, 4.69) is 22.4 Å². The van der Waals surface area contributed by atoms with Gasteiger partial charge in [-0.05, 0) is 33.3 Å². The number of carbonyl (C=O) groups is 1. The Morgan fingerprint density at radius 2 is 2.00 bits per heavy atom. The van der Waals surface area contributed by atoms with Crippen molar-refractivity contribution in [3.05, 3.63) is 28.7 Å². The molecule has 1 N–H and O–H groups in total. The van der Waals surface area contributed by atoms with Crippen LogP contribution in [0.25, 0.3) is 0 Å². The van der Waals surface area contributed by atoms with Crippen molar-refractivity contribution in [2.75, 3.05) is 5.32 Å². The molecule has 2 heterocycles. The lowest BCUT2D eigenvalue weighted by atomic mass is 10.2. The molecule has 0 saturated heterocycles. The predicted molar refractivity (Wildman–Crippen MR) is 77.9 cm³/mol. The summed E-state index contributed by atoms with van der Waals surface area (Å²) >= 11 is 0. The summed E-state index contributed by atoms with van der Waals surface area (Å²) < 4.78 is 3.42. The maximum absolute atomic E-state index is 12.4. The van der Waals surface area contributed by atoms with E-state index >= 15 is 0 Å². The molecular formula is C14H21N5O. The van der Waals surface area contributed by atoms with Crippen LogP contribution in [0.2, 0.25) is 0 Å². The Labute approximate surface area is 118 Å². The van der Waals surface area contributed by atoms with Gasteiger partial charge in [0.1, 0.15) is 11.5 Å². The van der Waals surface area contributed by atoms with Crippen LogP contribution < -0.4 is 5.32 Å². The van der Waals surface area contributed by atoms with E-state index < -0.39 is 0 Å². The molecule has 0 saturated carbocycles. The minimum absolute atomic E-state index is 0.148. The van der Waals surface area contributed by atoms with Gasteiger partial charge in [0.25, 0.3) is 5.91 Å². The number of anilines is 1. The number of amides is 1. The second kappa shape index (κ2) is 5.48. The maximum Gasteiger partial charge on any atom is 0.275 e. The monoisotopic (exact) mass is 275 g/mol. The Bertz CT molecular complexity index is 638. The van der Waals surface area contributed by atoms with Crippen molar-refractivity contribution in [3.8, 4) is 0 Å². The minimum Gasteiger partial charge on any atom is -0.305 e. The zero-order valence-electron chi connectivity index (χ0n) is 12.7. The largest absolute Gasteiger partial charge is 0.305 e. The van der Waals surface area contributed by atoms with Crippen molar-refractivity contribution in [1.82, 2.24) is 19.6 Å². The van der Waals surface area contributed by atoms with Crippen molar-refractivity contribution in [2.24, 2.45) is 7.05 Å². The Morgan fingerprint density at radius 3 is 2.60 bits per heavy atom. The molecule has 0 aliphatic carbocycles. The molecule has 0 atom stereocenters. The summed E-state index contributed by atoms with van der Waals surface area (Å²) in [5.41, 5.74) is 3.44. The van der Waals surface area contributed by atoms with Crippen molar-refractivity contribution in [3.63, 3.8) is 0 Å². The molecule has 0 aliphatic heterocycles. The molecule has 1 amide bonds. The second-order valence-electron chi connectivity index (χ2n) is 4.83. The van der Waals surface area contributed by atoms with Gasteiger partial charge in [0.2, 0.25) is 0 Å². The number of aryl methyl sites for hydroxylation is 4. The topological polar surface area (TPSA) is 64.7 Å². The highest BCUT2D eigenvalue weighted by molar-refractivity contribution is 6.03. The third-order valence-electron chi connectivity index (χ3n) is 3.37. The second-order valence-corrected chi connectivity index (χ2v) is 4.83. The molecule has 2 aromatic heterocycles. The van der Waals surface area contributed by atoms with Gasteiger partial charge in [0.05, 0.1) is 11.4 Å². The number of nitrogens with zero attached hydrogens (tertiary/aromatic N) is 4. The highest BCUT2D eigenvalue weighted by atomic mass is 16.2. The molecule has 0 bridgehead atoms. The molecule has 2 aromatic rings. The average molecular weight is 275 g/mol. The molecule has 6 nitrogen and oxygen atoms in total. The summed E-state index contributed by atoms with van der Waals surface area (Å²) in [6.45, 7) is 8.53. The zero-order valence-corrected chi connectivity index (χ0v) is 12.7. The van der Waals surface area contributed by atoms with Gasteiger partial charge >= 0.3 is 0 Å². The summed E-state index contributed by atoms with van der Waals surface area (Å²) in [5.74, 6) is 0.613. The molecule has 108 valence electrons. The van der Waals surface area contributed by atoms with E-state index in [1.807, 2.05) is 27.8 Å². The van der Waals surface area contributed by atoms with Crippen molar-refractivity contribution in [2.45, 2.75) is 40.7 Å². The molecule has 0 fully saturated rings. The van der Waals surface area contributed by atoms with Gasteiger partial charge in [0, 0.05) is 19.2 Å². The highest BCUT2D eigenvalue weighted by Gasteiger charge is 2.18. The Balaban J connectivity index is 2.32. The number of rotatable bonds is 4. The first kappa shape index (κ1) is 14.3. The van der Waals surface area contributed by atoms with E-state index in [9.17, 15) is 4.79 Å². The van der Waals surface area contributed by atoms with Crippen LogP contribution in [0.4, 0.5) is 5.82 Å². The van der Waals surface area contributed by atoms with E-state index in [0.29, 0.717) is 12.2 Å². The van der Waals surface area contributed by atoms with Gasteiger partial charge in [-0.25, -0.2) is 0 Å². The summed E-state index contributed by atoms with van der Waals surface area (Å²) in [5, 5.41) is 11.6. The normalized spacial score (nSPS) is 10.8. The van der Waals surface area contributed by atoms with Crippen LogP contribution in [-0.2, 0) is 20.0 Å². The lowest BCUT2D eigenvalue weighted by Crippen LogP contribution is -2.19. The highest BCUT2D eigenvalue weighted by Crippen LogP contribution is 2.20. The fraction of sp³-hybridized carbons (Fsp3) is 0.500. The lowest BCUT2D eigenvalue weighted by molar-refractivity contribution is 0.101. The van der Waals surface area contributed by atoms with Gasteiger partial charge in [-0.1, -0.05) is 6.92 Å². The van der Waals surface area contributed by atoms with E-state index in [4.69, 9.17) is 0 Å². The number of hydrogen-bond donors (Lipinski definition) is 1. The SMILES string of the molecule is CCc1c(C)nn(C)c1NC(=O)c1cc(C)nn1CC. The van der Waals surface area contributed by atoms with Crippen LogP contribution in [0.3, 0.4) is 0 Å². The smallest absolute Gasteiger partial charge is 0.275 e. The van der Waals surface area contributed by atoms with Crippen molar-refractivity contribution < 1.29 is 4.79 Å². The first-order valence-electron chi connectivity index (χ1n) is 6.86. The minimum atomic E-state index is -0.148. The molecule has 2 rings (SSSR count).